The van der Waals surface area contributed by atoms with E-state index in [1.165, 1.54) is 6.42 Å². The second-order valence-electron chi connectivity index (χ2n) is 3.69. The number of rotatable bonds is 6. The normalized spacial score (nSPS) is 24.5. The van der Waals surface area contributed by atoms with E-state index in [0.29, 0.717) is 12.0 Å². The minimum atomic E-state index is 0.421. The molecule has 3 N–H and O–H groups in total. The Morgan fingerprint density at radius 1 is 1.69 bits per heavy atom. The molecule has 1 aliphatic rings. The van der Waals surface area contributed by atoms with Gasteiger partial charge in [-0.25, -0.2) is 0 Å². The third-order valence-electron chi connectivity index (χ3n) is 2.60. The van der Waals surface area contributed by atoms with E-state index in [1.807, 2.05) is 6.08 Å². The first-order valence-electron chi connectivity index (χ1n) is 5.01. The summed E-state index contributed by atoms with van der Waals surface area (Å²) in [5.41, 5.74) is 2.86. The molecule has 76 valence electrons. The van der Waals surface area contributed by atoms with Gasteiger partial charge in [0.2, 0.25) is 0 Å². The summed E-state index contributed by atoms with van der Waals surface area (Å²) in [6, 6.07) is 0.421. The van der Waals surface area contributed by atoms with Crippen molar-refractivity contribution < 1.29 is 4.74 Å². The van der Waals surface area contributed by atoms with Gasteiger partial charge < -0.3 is 4.74 Å². The van der Waals surface area contributed by atoms with Crippen LogP contribution in [0, 0.1) is 5.92 Å². The van der Waals surface area contributed by atoms with Crippen molar-refractivity contribution in [2.45, 2.75) is 31.7 Å². The maximum atomic E-state index is 5.47. The minimum Gasteiger partial charge on any atom is -0.381 e. The van der Waals surface area contributed by atoms with E-state index >= 15 is 0 Å². The standard InChI is InChI=1S/C10H20N2O/c1-2-3-4-10(12-11)7-9-5-6-13-8-9/h2,9-10,12H,1,3-8,11H2. The first kappa shape index (κ1) is 10.7. The van der Waals surface area contributed by atoms with Gasteiger partial charge in [-0.15, -0.1) is 6.58 Å². The summed E-state index contributed by atoms with van der Waals surface area (Å²) in [4.78, 5) is 0. The van der Waals surface area contributed by atoms with Crippen LogP contribution in [0.5, 0.6) is 0 Å². The number of hydrogen-bond donors (Lipinski definition) is 2. The zero-order chi connectivity index (χ0) is 9.52. The summed E-state index contributed by atoms with van der Waals surface area (Å²) in [7, 11) is 0. The van der Waals surface area contributed by atoms with Crippen LogP contribution in [0.25, 0.3) is 0 Å². The fourth-order valence-electron chi connectivity index (χ4n) is 1.76. The Balaban J connectivity index is 2.17. The third kappa shape index (κ3) is 3.89. The van der Waals surface area contributed by atoms with Gasteiger partial charge in [-0.1, -0.05) is 6.08 Å². The Morgan fingerprint density at radius 3 is 3.08 bits per heavy atom. The van der Waals surface area contributed by atoms with E-state index in [0.717, 1.165) is 32.5 Å². The summed E-state index contributed by atoms with van der Waals surface area (Å²) in [5, 5.41) is 0. The number of hydrogen-bond acceptors (Lipinski definition) is 3. The number of nitrogens with one attached hydrogen (secondary N) is 1. The topological polar surface area (TPSA) is 47.3 Å². The van der Waals surface area contributed by atoms with Gasteiger partial charge in [-0.05, 0) is 31.6 Å². The van der Waals surface area contributed by atoms with E-state index < -0.39 is 0 Å². The van der Waals surface area contributed by atoms with Crippen LogP contribution in [0.15, 0.2) is 12.7 Å². The lowest BCUT2D eigenvalue weighted by Gasteiger charge is -2.17. The molecule has 2 unspecified atom stereocenters. The molecule has 1 aliphatic heterocycles. The van der Waals surface area contributed by atoms with E-state index in [-0.39, 0.29) is 0 Å². The molecule has 0 bridgehead atoms. The molecule has 13 heavy (non-hydrogen) atoms. The van der Waals surface area contributed by atoms with Crippen molar-refractivity contribution in [2.24, 2.45) is 11.8 Å². The Bertz CT molecular complexity index is 144. The van der Waals surface area contributed by atoms with Gasteiger partial charge in [0.05, 0.1) is 0 Å². The van der Waals surface area contributed by atoms with Crippen LogP contribution < -0.4 is 11.3 Å². The summed E-state index contributed by atoms with van der Waals surface area (Å²) in [6.45, 7) is 5.53. The maximum absolute atomic E-state index is 5.47. The largest absolute Gasteiger partial charge is 0.381 e. The molecule has 0 aromatic heterocycles. The highest BCUT2D eigenvalue weighted by molar-refractivity contribution is 4.76. The van der Waals surface area contributed by atoms with E-state index in [4.69, 9.17) is 10.6 Å². The molecule has 0 radical (unpaired) electrons. The molecule has 0 aromatic carbocycles. The van der Waals surface area contributed by atoms with Crippen LogP contribution in [0.3, 0.4) is 0 Å². The highest BCUT2D eigenvalue weighted by Crippen LogP contribution is 2.19. The van der Waals surface area contributed by atoms with Crippen LogP contribution >= 0.6 is 0 Å². The lowest BCUT2D eigenvalue weighted by molar-refractivity contribution is 0.181. The summed E-state index contributed by atoms with van der Waals surface area (Å²) in [6.07, 6.45) is 6.37. The SMILES string of the molecule is C=CCCC(CC1CCOC1)NN. The molecule has 0 spiro atoms. The molecular formula is C10H20N2O. The molecule has 0 aliphatic carbocycles. The highest BCUT2D eigenvalue weighted by atomic mass is 16.5. The summed E-state index contributed by atoms with van der Waals surface area (Å²) >= 11 is 0. The van der Waals surface area contributed by atoms with Crippen molar-refractivity contribution in [3.8, 4) is 0 Å². The van der Waals surface area contributed by atoms with Crippen molar-refractivity contribution >= 4 is 0 Å². The molecule has 0 amide bonds. The van der Waals surface area contributed by atoms with Gasteiger partial charge in [0.1, 0.15) is 0 Å². The summed E-state index contributed by atoms with van der Waals surface area (Å²) < 4.78 is 5.32. The van der Waals surface area contributed by atoms with E-state index in [2.05, 4.69) is 12.0 Å². The van der Waals surface area contributed by atoms with Gasteiger partial charge in [-0.2, -0.15) is 0 Å². The Hall–Kier alpha value is -0.380. The van der Waals surface area contributed by atoms with Crippen molar-refractivity contribution in [3.05, 3.63) is 12.7 Å². The molecule has 1 rings (SSSR count). The van der Waals surface area contributed by atoms with Gasteiger partial charge in [-0.3, -0.25) is 11.3 Å². The van der Waals surface area contributed by atoms with Crippen molar-refractivity contribution in [1.82, 2.24) is 5.43 Å². The Kier molecular flexibility index (Phi) is 5.05. The molecular weight excluding hydrogens is 164 g/mol. The molecule has 0 aromatic rings. The monoisotopic (exact) mass is 184 g/mol. The van der Waals surface area contributed by atoms with Crippen molar-refractivity contribution in [2.75, 3.05) is 13.2 Å². The van der Waals surface area contributed by atoms with Crippen molar-refractivity contribution in [1.29, 1.82) is 0 Å². The first-order valence-corrected chi connectivity index (χ1v) is 5.01. The van der Waals surface area contributed by atoms with Crippen LogP contribution in [0.1, 0.15) is 25.7 Å². The number of ether oxygens (including phenoxy) is 1. The lowest BCUT2D eigenvalue weighted by Crippen LogP contribution is -2.36. The third-order valence-corrected chi connectivity index (χ3v) is 2.60. The van der Waals surface area contributed by atoms with Gasteiger partial charge in [0, 0.05) is 19.3 Å². The molecule has 1 saturated heterocycles. The molecule has 3 nitrogen and oxygen atoms in total. The fraction of sp³-hybridized carbons (Fsp3) is 0.800. The second-order valence-corrected chi connectivity index (χ2v) is 3.69. The highest BCUT2D eigenvalue weighted by Gasteiger charge is 2.19. The molecule has 1 fully saturated rings. The Labute approximate surface area is 80.3 Å². The van der Waals surface area contributed by atoms with Crippen LogP contribution in [0.4, 0.5) is 0 Å². The zero-order valence-electron chi connectivity index (χ0n) is 8.17. The van der Waals surface area contributed by atoms with Gasteiger partial charge in [0.25, 0.3) is 0 Å². The zero-order valence-corrected chi connectivity index (χ0v) is 8.17. The number of nitrogens with two attached hydrogens (primary N) is 1. The van der Waals surface area contributed by atoms with Gasteiger partial charge >= 0.3 is 0 Å². The summed E-state index contributed by atoms with van der Waals surface area (Å²) in [5.74, 6) is 6.17. The van der Waals surface area contributed by atoms with Gasteiger partial charge in [0.15, 0.2) is 0 Å². The predicted octanol–water partition coefficient (Wildman–Crippen LogP) is 1.21. The predicted molar refractivity (Wildman–Crippen MR) is 54.1 cm³/mol. The van der Waals surface area contributed by atoms with Crippen LogP contribution in [-0.4, -0.2) is 19.3 Å². The maximum Gasteiger partial charge on any atom is 0.0495 e. The number of hydrazine groups is 1. The average Bonchev–Trinajstić information content (AvgIpc) is 2.64. The smallest absolute Gasteiger partial charge is 0.0495 e. The molecule has 2 atom stereocenters. The van der Waals surface area contributed by atoms with Crippen molar-refractivity contribution in [3.63, 3.8) is 0 Å². The first-order chi connectivity index (χ1) is 6.36. The quantitative estimate of drug-likeness (QED) is 0.370. The molecule has 1 heterocycles. The minimum absolute atomic E-state index is 0.421. The number of allylic oxidation sites excluding steroid dienone is 1. The molecule has 0 saturated carbocycles. The average molecular weight is 184 g/mol. The van der Waals surface area contributed by atoms with Crippen LogP contribution in [-0.2, 0) is 4.74 Å². The van der Waals surface area contributed by atoms with E-state index in [1.54, 1.807) is 0 Å². The van der Waals surface area contributed by atoms with Crippen LogP contribution in [0.2, 0.25) is 0 Å². The Morgan fingerprint density at radius 2 is 2.54 bits per heavy atom. The van der Waals surface area contributed by atoms with E-state index in [9.17, 15) is 0 Å². The second kappa shape index (κ2) is 6.13. The lowest BCUT2D eigenvalue weighted by atomic mass is 9.97. The molecule has 3 heteroatoms. The fourth-order valence-corrected chi connectivity index (χ4v) is 1.76.